The van der Waals surface area contributed by atoms with Crippen LogP contribution in [0.25, 0.3) is 0 Å². The molecule has 0 radical (unpaired) electrons. The molecule has 1 aromatic heterocycles. The van der Waals surface area contributed by atoms with E-state index in [1.54, 1.807) is 0 Å². The first kappa shape index (κ1) is 13.3. The van der Waals surface area contributed by atoms with Crippen molar-refractivity contribution in [1.29, 1.82) is 0 Å². The Balaban J connectivity index is 2.25. The Bertz CT molecular complexity index is 578. The highest BCUT2D eigenvalue weighted by atomic mass is 19.4. The van der Waals surface area contributed by atoms with Gasteiger partial charge >= 0.3 is 6.18 Å². The largest absolute Gasteiger partial charge is 0.416 e. The van der Waals surface area contributed by atoms with E-state index < -0.39 is 11.7 Å². The first-order valence-electron chi connectivity index (χ1n) is 5.41. The second-order valence-electron chi connectivity index (χ2n) is 3.81. The van der Waals surface area contributed by atoms with Crippen molar-refractivity contribution < 1.29 is 22.5 Å². The molecule has 0 aliphatic rings. The van der Waals surface area contributed by atoms with E-state index in [0.29, 0.717) is 6.29 Å². The Morgan fingerprint density at radius 1 is 1.26 bits per heavy atom. The fourth-order valence-corrected chi connectivity index (χ4v) is 1.63. The molecule has 2 rings (SSSR count). The summed E-state index contributed by atoms with van der Waals surface area (Å²) < 4.78 is 43.1. The molecule has 0 unspecified atom stereocenters. The molecule has 100 valence electrons. The zero-order valence-electron chi connectivity index (χ0n) is 9.65. The first-order valence-corrected chi connectivity index (χ1v) is 5.41. The van der Waals surface area contributed by atoms with E-state index in [0.717, 1.165) is 6.07 Å². The summed E-state index contributed by atoms with van der Waals surface area (Å²) in [6.07, 6.45) is -3.98. The van der Waals surface area contributed by atoms with Gasteiger partial charge in [0.2, 0.25) is 5.89 Å². The Kier molecular flexibility index (Phi) is 3.64. The molecule has 0 atom stereocenters. The molecule has 1 aromatic carbocycles. The van der Waals surface area contributed by atoms with Crippen molar-refractivity contribution in [3.05, 3.63) is 47.1 Å². The molecule has 19 heavy (non-hydrogen) atoms. The van der Waals surface area contributed by atoms with E-state index in [1.807, 2.05) is 0 Å². The molecule has 1 heterocycles. The molecule has 4 nitrogen and oxygen atoms in total. The average molecular weight is 270 g/mol. The fraction of sp³-hybridized carbons (Fsp3) is 0.250. The number of benzene rings is 1. The Hall–Kier alpha value is -2.18. The van der Waals surface area contributed by atoms with Gasteiger partial charge in [0.15, 0.2) is 5.82 Å². The number of nitrogens with zero attached hydrogens (tertiary/aromatic N) is 2. The van der Waals surface area contributed by atoms with E-state index in [2.05, 4.69) is 10.1 Å². The predicted molar refractivity (Wildman–Crippen MR) is 58.3 cm³/mol. The topological polar surface area (TPSA) is 56.0 Å². The lowest BCUT2D eigenvalue weighted by atomic mass is 10.0. The highest BCUT2D eigenvalue weighted by Gasteiger charge is 2.33. The van der Waals surface area contributed by atoms with E-state index in [4.69, 9.17) is 4.52 Å². The van der Waals surface area contributed by atoms with Crippen LogP contribution in [0.1, 0.15) is 22.8 Å². The van der Waals surface area contributed by atoms with Gasteiger partial charge in [-0.05, 0) is 11.6 Å². The van der Waals surface area contributed by atoms with Crippen LogP contribution in [0.15, 0.2) is 28.8 Å². The van der Waals surface area contributed by atoms with Crippen molar-refractivity contribution in [3.63, 3.8) is 0 Å². The number of aldehydes is 1. The van der Waals surface area contributed by atoms with Gasteiger partial charge in [-0.25, -0.2) is 0 Å². The van der Waals surface area contributed by atoms with Gasteiger partial charge in [0, 0.05) is 0 Å². The van der Waals surface area contributed by atoms with E-state index in [-0.39, 0.29) is 30.1 Å². The van der Waals surface area contributed by atoms with Crippen LogP contribution in [0.2, 0.25) is 0 Å². The number of carbonyl (C=O) groups is 1. The van der Waals surface area contributed by atoms with Crippen molar-refractivity contribution in [2.45, 2.75) is 19.0 Å². The van der Waals surface area contributed by atoms with Crippen LogP contribution in [0.5, 0.6) is 0 Å². The van der Waals surface area contributed by atoms with Crippen molar-refractivity contribution >= 4 is 6.29 Å². The molecule has 0 aliphatic carbocycles. The molecule has 7 heteroatoms. The Labute approximate surface area is 106 Å². The number of hydrogen-bond donors (Lipinski definition) is 0. The lowest BCUT2D eigenvalue weighted by Crippen LogP contribution is -2.09. The number of halogens is 3. The summed E-state index contributed by atoms with van der Waals surface area (Å²) in [5, 5.41) is 3.50. The van der Waals surface area contributed by atoms with Crippen molar-refractivity contribution in [2.24, 2.45) is 0 Å². The number of alkyl halides is 3. The van der Waals surface area contributed by atoms with Gasteiger partial charge in [-0.3, -0.25) is 0 Å². The van der Waals surface area contributed by atoms with Crippen molar-refractivity contribution in [2.75, 3.05) is 0 Å². The molecule has 0 amide bonds. The summed E-state index contributed by atoms with van der Waals surface area (Å²) in [6.45, 7) is 0. The third-order valence-electron chi connectivity index (χ3n) is 2.44. The molecule has 2 aromatic rings. The van der Waals surface area contributed by atoms with Crippen molar-refractivity contribution in [1.82, 2.24) is 10.1 Å². The van der Waals surface area contributed by atoms with Gasteiger partial charge < -0.3 is 9.32 Å². The average Bonchev–Trinajstić information content (AvgIpc) is 2.76. The lowest BCUT2D eigenvalue weighted by Gasteiger charge is -2.10. The number of hydrogen-bond acceptors (Lipinski definition) is 4. The summed E-state index contributed by atoms with van der Waals surface area (Å²) in [5.74, 6) is 0.211. The highest BCUT2D eigenvalue weighted by Crippen LogP contribution is 2.32. The standard InChI is InChI=1S/C12H9F3N2O2/c13-12(14,15)9-4-2-1-3-8(9)7-11-16-10(5-6-18)17-19-11/h1-4,6H,5,7H2. The fourth-order valence-electron chi connectivity index (χ4n) is 1.63. The van der Waals surface area contributed by atoms with Gasteiger partial charge in [0.25, 0.3) is 0 Å². The Morgan fingerprint density at radius 2 is 2.00 bits per heavy atom. The number of rotatable bonds is 4. The highest BCUT2D eigenvalue weighted by molar-refractivity contribution is 5.52. The molecule has 0 saturated carbocycles. The van der Waals surface area contributed by atoms with E-state index in [9.17, 15) is 18.0 Å². The maximum Gasteiger partial charge on any atom is 0.416 e. The maximum atomic E-state index is 12.8. The number of carbonyl (C=O) groups excluding carboxylic acids is 1. The molecular formula is C12H9F3N2O2. The minimum Gasteiger partial charge on any atom is -0.339 e. The van der Waals surface area contributed by atoms with Crippen molar-refractivity contribution in [3.8, 4) is 0 Å². The summed E-state index contributed by atoms with van der Waals surface area (Å²) in [4.78, 5) is 14.1. The van der Waals surface area contributed by atoms with E-state index in [1.165, 1.54) is 18.2 Å². The quantitative estimate of drug-likeness (QED) is 0.800. The molecule has 0 fully saturated rings. The zero-order valence-corrected chi connectivity index (χ0v) is 9.65. The third kappa shape index (κ3) is 3.18. The second kappa shape index (κ2) is 5.21. The number of aromatic nitrogens is 2. The van der Waals surface area contributed by atoms with E-state index >= 15 is 0 Å². The predicted octanol–water partition coefficient (Wildman–Crippen LogP) is 2.42. The molecule has 0 spiro atoms. The van der Waals surface area contributed by atoms with Gasteiger partial charge in [-0.1, -0.05) is 23.4 Å². The van der Waals surface area contributed by atoms with Crippen LogP contribution in [-0.4, -0.2) is 16.4 Å². The molecule has 0 saturated heterocycles. The van der Waals surface area contributed by atoms with Crippen LogP contribution >= 0.6 is 0 Å². The van der Waals surface area contributed by atoms with Gasteiger partial charge in [-0.2, -0.15) is 18.2 Å². The lowest BCUT2D eigenvalue weighted by molar-refractivity contribution is -0.138. The van der Waals surface area contributed by atoms with Gasteiger partial charge in [0.1, 0.15) is 6.29 Å². The van der Waals surface area contributed by atoms with Gasteiger partial charge in [0.05, 0.1) is 18.4 Å². The van der Waals surface area contributed by atoms with Gasteiger partial charge in [-0.15, -0.1) is 0 Å². The minimum atomic E-state index is -4.43. The third-order valence-corrected chi connectivity index (χ3v) is 2.44. The van der Waals surface area contributed by atoms with Crippen LogP contribution in [0, 0.1) is 0 Å². The molecule has 0 aliphatic heterocycles. The summed E-state index contributed by atoms with van der Waals surface area (Å²) in [7, 11) is 0. The second-order valence-corrected chi connectivity index (χ2v) is 3.81. The summed E-state index contributed by atoms with van der Waals surface area (Å²) in [6, 6.07) is 5.18. The monoisotopic (exact) mass is 270 g/mol. The van der Waals surface area contributed by atoms with Crippen LogP contribution in [-0.2, 0) is 23.8 Å². The smallest absolute Gasteiger partial charge is 0.339 e. The Morgan fingerprint density at radius 3 is 2.68 bits per heavy atom. The van der Waals surface area contributed by atoms with Crippen LogP contribution in [0.3, 0.4) is 0 Å². The van der Waals surface area contributed by atoms with Crippen LogP contribution in [0.4, 0.5) is 13.2 Å². The summed E-state index contributed by atoms with van der Waals surface area (Å²) in [5.41, 5.74) is -0.679. The first-order chi connectivity index (χ1) is 9.00. The normalized spacial score (nSPS) is 11.5. The minimum absolute atomic E-state index is 0.0234. The molecule has 0 N–H and O–H groups in total. The maximum absolute atomic E-state index is 12.8. The molecule has 0 bridgehead atoms. The van der Waals surface area contributed by atoms with Crippen LogP contribution < -0.4 is 0 Å². The zero-order chi connectivity index (χ0) is 13.9. The molecular weight excluding hydrogens is 261 g/mol. The summed E-state index contributed by atoms with van der Waals surface area (Å²) >= 11 is 0. The SMILES string of the molecule is O=CCc1noc(Cc2ccccc2C(F)(F)F)n1.